The first-order chi connectivity index (χ1) is 7.65. The van der Waals surface area contributed by atoms with E-state index in [0.29, 0.717) is 4.75 Å². The Balaban J connectivity index is 1.83. The molecule has 0 radical (unpaired) electrons. The van der Waals surface area contributed by atoms with Crippen LogP contribution in [0.4, 0.5) is 4.39 Å². The molecule has 1 aliphatic rings. The van der Waals surface area contributed by atoms with Crippen molar-refractivity contribution in [1.82, 2.24) is 5.32 Å². The van der Waals surface area contributed by atoms with Gasteiger partial charge >= 0.3 is 0 Å². The maximum Gasteiger partial charge on any atom is 0.126 e. The summed E-state index contributed by atoms with van der Waals surface area (Å²) in [6, 6.07) is 5.32. The van der Waals surface area contributed by atoms with E-state index in [4.69, 9.17) is 0 Å². The Labute approximate surface area is 101 Å². The van der Waals surface area contributed by atoms with Gasteiger partial charge in [-0.3, -0.25) is 0 Å². The molecule has 0 aliphatic heterocycles. The van der Waals surface area contributed by atoms with E-state index in [1.165, 1.54) is 12.8 Å². The molecule has 1 saturated carbocycles. The first-order valence-electron chi connectivity index (χ1n) is 5.66. The van der Waals surface area contributed by atoms with Gasteiger partial charge in [0, 0.05) is 17.8 Å². The number of hydrogen-bond donors (Lipinski definition) is 1. The molecule has 16 heavy (non-hydrogen) atoms. The second kappa shape index (κ2) is 4.76. The van der Waals surface area contributed by atoms with Crippen molar-refractivity contribution < 1.29 is 4.39 Å². The summed E-state index contributed by atoms with van der Waals surface area (Å²) in [6.45, 7) is 3.71. The Hall–Kier alpha value is -0.540. The van der Waals surface area contributed by atoms with Gasteiger partial charge in [0.2, 0.25) is 0 Å². The number of rotatable bonds is 5. The molecular formula is C13H18FNS. The Morgan fingerprint density at radius 3 is 2.75 bits per heavy atom. The third-order valence-corrected chi connectivity index (χ3v) is 4.66. The summed E-state index contributed by atoms with van der Waals surface area (Å²) in [5.41, 5.74) is 1.89. The van der Waals surface area contributed by atoms with Crippen LogP contribution in [0.25, 0.3) is 0 Å². The van der Waals surface area contributed by atoms with Crippen molar-refractivity contribution in [2.45, 2.75) is 31.1 Å². The van der Waals surface area contributed by atoms with Crippen LogP contribution in [-0.4, -0.2) is 17.5 Å². The molecule has 0 bridgehead atoms. The largest absolute Gasteiger partial charge is 0.311 e. The van der Waals surface area contributed by atoms with Crippen LogP contribution in [0.1, 0.15) is 24.0 Å². The van der Waals surface area contributed by atoms with Gasteiger partial charge in [0.25, 0.3) is 0 Å². The summed E-state index contributed by atoms with van der Waals surface area (Å²) in [6.07, 6.45) is 4.82. The lowest BCUT2D eigenvalue weighted by atomic mass is 10.1. The Kier molecular flexibility index (Phi) is 3.55. The molecule has 0 unspecified atom stereocenters. The van der Waals surface area contributed by atoms with Crippen LogP contribution in [0.15, 0.2) is 18.2 Å². The van der Waals surface area contributed by atoms with Crippen molar-refractivity contribution in [2.75, 3.05) is 12.8 Å². The van der Waals surface area contributed by atoms with Gasteiger partial charge in [-0.15, -0.1) is 0 Å². The number of aryl methyl sites for hydroxylation is 1. The van der Waals surface area contributed by atoms with Crippen molar-refractivity contribution in [3.63, 3.8) is 0 Å². The van der Waals surface area contributed by atoms with Gasteiger partial charge in [-0.2, -0.15) is 11.8 Å². The Bertz CT molecular complexity index is 374. The Morgan fingerprint density at radius 1 is 1.44 bits per heavy atom. The zero-order chi connectivity index (χ0) is 11.6. The van der Waals surface area contributed by atoms with Gasteiger partial charge in [-0.05, 0) is 43.2 Å². The third-order valence-electron chi connectivity index (χ3n) is 3.24. The van der Waals surface area contributed by atoms with Crippen LogP contribution in [-0.2, 0) is 6.54 Å². The number of halogens is 1. The maximum atomic E-state index is 13.1. The van der Waals surface area contributed by atoms with E-state index in [1.54, 1.807) is 6.07 Å². The molecule has 0 spiro atoms. The Morgan fingerprint density at radius 2 is 2.19 bits per heavy atom. The first kappa shape index (κ1) is 11.9. The number of thioether (sulfide) groups is 1. The molecule has 0 saturated heterocycles. The molecule has 0 aromatic heterocycles. The molecule has 0 atom stereocenters. The van der Waals surface area contributed by atoms with Crippen LogP contribution in [0.5, 0.6) is 0 Å². The molecule has 0 heterocycles. The first-order valence-corrected chi connectivity index (χ1v) is 6.89. The standard InChI is InChI=1S/C13H18FNS/c1-10-7-11(3-4-12(10)14)8-15-9-13(16-2)5-6-13/h3-4,7,15H,5-6,8-9H2,1-2H3. The smallest absolute Gasteiger partial charge is 0.126 e. The minimum Gasteiger partial charge on any atom is -0.311 e. The lowest BCUT2D eigenvalue weighted by molar-refractivity contribution is 0.614. The highest BCUT2D eigenvalue weighted by molar-refractivity contribution is 8.00. The SMILES string of the molecule is CSC1(CNCc2ccc(F)c(C)c2)CC1. The van der Waals surface area contributed by atoms with Crippen molar-refractivity contribution >= 4 is 11.8 Å². The minimum atomic E-state index is -0.119. The monoisotopic (exact) mass is 239 g/mol. The van der Waals surface area contributed by atoms with E-state index in [2.05, 4.69) is 11.6 Å². The molecule has 1 nitrogen and oxygen atoms in total. The summed E-state index contributed by atoms with van der Waals surface area (Å²) in [5.74, 6) is -0.119. The van der Waals surface area contributed by atoms with Crippen LogP contribution >= 0.6 is 11.8 Å². The summed E-state index contributed by atoms with van der Waals surface area (Å²) >= 11 is 1.96. The fourth-order valence-electron chi connectivity index (χ4n) is 1.84. The van der Waals surface area contributed by atoms with E-state index in [0.717, 1.165) is 24.2 Å². The molecule has 1 aromatic carbocycles. The third kappa shape index (κ3) is 2.77. The van der Waals surface area contributed by atoms with Crippen molar-refractivity contribution in [3.05, 3.63) is 35.1 Å². The fraction of sp³-hybridized carbons (Fsp3) is 0.538. The quantitative estimate of drug-likeness (QED) is 0.847. The zero-order valence-electron chi connectivity index (χ0n) is 9.85. The van der Waals surface area contributed by atoms with Crippen LogP contribution in [0, 0.1) is 12.7 Å². The average Bonchev–Trinajstić information content (AvgIpc) is 3.04. The molecule has 2 rings (SSSR count). The number of hydrogen-bond acceptors (Lipinski definition) is 2. The lowest BCUT2D eigenvalue weighted by Crippen LogP contribution is -2.25. The van der Waals surface area contributed by atoms with E-state index in [9.17, 15) is 4.39 Å². The molecule has 1 fully saturated rings. The van der Waals surface area contributed by atoms with E-state index in [1.807, 2.05) is 30.8 Å². The fourth-order valence-corrected chi connectivity index (χ4v) is 2.60. The number of benzene rings is 1. The van der Waals surface area contributed by atoms with Gasteiger partial charge in [-0.25, -0.2) is 4.39 Å². The van der Waals surface area contributed by atoms with E-state index >= 15 is 0 Å². The van der Waals surface area contributed by atoms with Gasteiger partial charge in [0.1, 0.15) is 5.82 Å². The minimum absolute atomic E-state index is 0.119. The van der Waals surface area contributed by atoms with Crippen molar-refractivity contribution in [3.8, 4) is 0 Å². The van der Waals surface area contributed by atoms with Crippen LogP contribution in [0.3, 0.4) is 0 Å². The van der Waals surface area contributed by atoms with Gasteiger partial charge in [0.15, 0.2) is 0 Å². The number of nitrogens with one attached hydrogen (secondary N) is 1. The molecule has 3 heteroatoms. The molecule has 0 amide bonds. The summed E-state index contributed by atoms with van der Waals surface area (Å²) in [7, 11) is 0. The topological polar surface area (TPSA) is 12.0 Å². The highest BCUT2D eigenvalue weighted by Crippen LogP contribution is 2.46. The summed E-state index contributed by atoms with van der Waals surface area (Å²) in [4.78, 5) is 0. The zero-order valence-corrected chi connectivity index (χ0v) is 10.7. The lowest BCUT2D eigenvalue weighted by Gasteiger charge is -2.13. The summed E-state index contributed by atoms with van der Waals surface area (Å²) < 4.78 is 13.5. The van der Waals surface area contributed by atoms with Crippen LogP contribution < -0.4 is 5.32 Å². The molecule has 1 aliphatic carbocycles. The normalized spacial score (nSPS) is 17.4. The van der Waals surface area contributed by atoms with Gasteiger partial charge < -0.3 is 5.32 Å². The predicted octanol–water partition coefficient (Wildman–Crippen LogP) is 3.12. The van der Waals surface area contributed by atoms with E-state index in [-0.39, 0.29) is 5.82 Å². The summed E-state index contributed by atoms with van der Waals surface area (Å²) in [5, 5.41) is 3.46. The predicted molar refractivity (Wildman–Crippen MR) is 68.3 cm³/mol. The second-order valence-corrected chi connectivity index (χ2v) is 5.85. The molecule has 88 valence electrons. The maximum absolute atomic E-state index is 13.1. The highest BCUT2D eigenvalue weighted by Gasteiger charge is 2.41. The van der Waals surface area contributed by atoms with Crippen molar-refractivity contribution in [1.29, 1.82) is 0 Å². The highest BCUT2D eigenvalue weighted by atomic mass is 32.2. The second-order valence-electron chi connectivity index (χ2n) is 4.57. The van der Waals surface area contributed by atoms with E-state index < -0.39 is 0 Å². The molecular weight excluding hydrogens is 221 g/mol. The van der Waals surface area contributed by atoms with Crippen molar-refractivity contribution in [2.24, 2.45) is 0 Å². The van der Waals surface area contributed by atoms with Gasteiger partial charge in [0.05, 0.1) is 0 Å². The molecule has 1 N–H and O–H groups in total. The van der Waals surface area contributed by atoms with Gasteiger partial charge in [-0.1, -0.05) is 12.1 Å². The average molecular weight is 239 g/mol. The molecule has 1 aromatic rings. The van der Waals surface area contributed by atoms with Crippen LogP contribution in [0.2, 0.25) is 0 Å².